The second-order valence-corrected chi connectivity index (χ2v) is 6.31. The molecule has 0 radical (unpaired) electrons. The smallest absolute Gasteiger partial charge is 0.341 e. The van der Waals surface area contributed by atoms with Gasteiger partial charge in [0, 0.05) is 11.4 Å². The van der Waals surface area contributed by atoms with E-state index in [1.807, 2.05) is 6.92 Å². The summed E-state index contributed by atoms with van der Waals surface area (Å²) in [5.74, 6) is -0.158. The summed E-state index contributed by atoms with van der Waals surface area (Å²) < 4.78 is 5.01. The summed E-state index contributed by atoms with van der Waals surface area (Å²) in [5.41, 5.74) is 0.446. The Morgan fingerprint density at radius 3 is 2.85 bits per heavy atom. The van der Waals surface area contributed by atoms with Crippen molar-refractivity contribution in [2.24, 2.45) is 11.8 Å². The van der Waals surface area contributed by atoms with Crippen molar-refractivity contribution in [2.75, 3.05) is 25.0 Å². The van der Waals surface area contributed by atoms with Crippen LogP contribution in [0.4, 0.5) is 5.00 Å². The lowest BCUT2D eigenvalue weighted by Gasteiger charge is -2.14. The third-order valence-corrected chi connectivity index (χ3v) is 4.41. The van der Waals surface area contributed by atoms with Crippen LogP contribution < -0.4 is 10.6 Å². The molecule has 2 rings (SSSR count). The van der Waals surface area contributed by atoms with E-state index in [0.29, 0.717) is 29.6 Å². The summed E-state index contributed by atoms with van der Waals surface area (Å²) in [4.78, 5) is 25.1. The number of ether oxygens (including phenoxy) is 1. The lowest BCUT2D eigenvalue weighted by atomic mass is 9.97. The van der Waals surface area contributed by atoms with Crippen molar-refractivity contribution >= 4 is 28.2 Å². The number of thiophene rings is 1. The summed E-state index contributed by atoms with van der Waals surface area (Å²) >= 11 is 1.40. The first-order chi connectivity index (χ1) is 9.52. The fourth-order valence-corrected chi connectivity index (χ4v) is 3.24. The van der Waals surface area contributed by atoms with Crippen molar-refractivity contribution in [3.05, 3.63) is 16.5 Å². The molecule has 2 heterocycles. The summed E-state index contributed by atoms with van der Waals surface area (Å²) in [5, 5.41) is 6.67. The molecule has 2 atom stereocenters. The molecule has 0 bridgehead atoms. The molecule has 1 aliphatic rings. The van der Waals surface area contributed by atoms with E-state index < -0.39 is 0 Å². The van der Waals surface area contributed by atoms with Gasteiger partial charge in [-0.05, 0) is 32.4 Å². The molecule has 1 fully saturated rings. The standard InChI is InChI=1S/C14H20N2O3S/c1-4-19-14(18)10-5-9(3)20-13(10)16-12(17)11-7-15-6-8(11)2/h5,8,11,15H,4,6-7H2,1-3H3,(H,16,17)/t8-,11-/m1/s1. The molecule has 20 heavy (non-hydrogen) atoms. The summed E-state index contributed by atoms with van der Waals surface area (Å²) in [6.07, 6.45) is 0. The van der Waals surface area contributed by atoms with Crippen LogP contribution in [0, 0.1) is 18.8 Å². The molecular formula is C14H20N2O3S. The van der Waals surface area contributed by atoms with Gasteiger partial charge in [-0.25, -0.2) is 4.79 Å². The molecule has 110 valence electrons. The quantitative estimate of drug-likeness (QED) is 0.834. The minimum atomic E-state index is -0.384. The predicted octanol–water partition coefficient (Wildman–Crippen LogP) is 2.03. The van der Waals surface area contributed by atoms with Gasteiger partial charge in [0.15, 0.2) is 0 Å². The molecule has 5 nitrogen and oxygen atoms in total. The molecule has 0 unspecified atom stereocenters. The third-order valence-electron chi connectivity index (χ3n) is 3.44. The molecule has 0 aliphatic carbocycles. The molecule has 1 saturated heterocycles. The van der Waals surface area contributed by atoms with Crippen LogP contribution in [-0.2, 0) is 9.53 Å². The maximum Gasteiger partial charge on any atom is 0.341 e. The zero-order valence-electron chi connectivity index (χ0n) is 12.0. The van der Waals surface area contributed by atoms with Crippen LogP contribution in [0.5, 0.6) is 0 Å². The summed E-state index contributed by atoms with van der Waals surface area (Å²) in [6.45, 7) is 7.59. The SMILES string of the molecule is CCOC(=O)c1cc(C)sc1NC(=O)[C@@H]1CNC[C@H]1C. The fraction of sp³-hybridized carbons (Fsp3) is 0.571. The Morgan fingerprint density at radius 1 is 1.50 bits per heavy atom. The van der Waals surface area contributed by atoms with Crippen LogP contribution in [0.2, 0.25) is 0 Å². The largest absolute Gasteiger partial charge is 0.462 e. The molecule has 1 aromatic heterocycles. The first-order valence-corrected chi connectivity index (χ1v) is 7.63. The highest BCUT2D eigenvalue weighted by Gasteiger charge is 2.30. The van der Waals surface area contributed by atoms with Crippen molar-refractivity contribution in [2.45, 2.75) is 20.8 Å². The van der Waals surface area contributed by atoms with Crippen LogP contribution in [0.3, 0.4) is 0 Å². The van der Waals surface area contributed by atoms with E-state index in [1.54, 1.807) is 13.0 Å². The zero-order chi connectivity index (χ0) is 14.7. The van der Waals surface area contributed by atoms with Gasteiger partial charge in [0.1, 0.15) is 5.00 Å². The van der Waals surface area contributed by atoms with Crippen molar-refractivity contribution in [3.63, 3.8) is 0 Å². The highest BCUT2D eigenvalue weighted by molar-refractivity contribution is 7.16. The van der Waals surface area contributed by atoms with Crippen LogP contribution in [-0.4, -0.2) is 31.6 Å². The number of nitrogens with one attached hydrogen (secondary N) is 2. The van der Waals surface area contributed by atoms with Gasteiger partial charge in [-0.15, -0.1) is 11.3 Å². The first-order valence-electron chi connectivity index (χ1n) is 6.82. The number of carbonyl (C=O) groups is 2. The highest BCUT2D eigenvalue weighted by atomic mass is 32.1. The lowest BCUT2D eigenvalue weighted by Crippen LogP contribution is -2.28. The van der Waals surface area contributed by atoms with Crippen LogP contribution in [0.1, 0.15) is 29.1 Å². The molecule has 6 heteroatoms. The van der Waals surface area contributed by atoms with E-state index >= 15 is 0 Å². The Labute approximate surface area is 122 Å². The Bertz CT molecular complexity index is 513. The van der Waals surface area contributed by atoms with E-state index in [2.05, 4.69) is 17.6 Å². The molecule has 1 aliphatic heterocycles. The van der Waals surface area contributed by atoms with E-state index in [4.69, 9.17) is 4.74 Å². The third kappa shape index (κ3) is 3.19. The lowest BCUT2D eigenvalue weighted by molar-refractivity contribution is -0.120. The topological polar surface area (TPSA) is 67.4 Å². The number of hydrogen-bond donors (Lipinski definition) is 2. The zero-order valence-corrected chi connectivity index (χ0v) is 12.8. The van der Waals surface area contributed by atoms with Gasteiger partial charge in [-0.1, -0.05) is 6.92 Å². The number of aryl methyl sites for hydroxylation is 1. The van der Waals surface area contributed by atoms with Gasteiger partial charge in [0.25, 0.3) is 0 Å². The average Bonchev–Trinajstić information content (AvgIpc) is 2.96. The second-order valence-electron chi connectivity index (χ2n) is 5.05. The predicted molar refractivity (Wildman–Crippen MR) is 79.2 cm³/mol. The minimum Gasteiger partial charge on any atom is -0.462 e. The number of anilines is 1. The summed E-state index contributed by atoms with van der Waals surface area (Å²) in [7, 11) is 0. The molecule has 0 aromatic carbocycles. The number of rotatable bonds is 4. The Hall–Kier alpha value is -1.40. The van der Waals surface area contributed by atoms with Gasteiger partial charge < -0.3 is 15.4 Å². The second kappa shape index (κ2) is 6.37. The summed E-state index contributed by atoms with van der Waals surface area (Å²) in [6, 6.07) is 1.76. The number of esters is 1. The number of amides is 1. The maximum atomic E-state index is 12.3. The highest BCUT2D eigenvalue weighted by Crippen LogP contribution is 2.29. The van der Waals surface area contributed by atoms with Crippen LogP contribution in [0.25, 0.3) is 0 Å². The van der Waals surface area contributed by atoms with E-state index in [1.165, 1.54) is 11.3 Å². The molecule has 0 saturated carbocycles. The van der Waals surface area contributed by atoms with Crippen LogP contribution >= 0.6 is 11.3 Å². The number of hydrogen-bond acceptors (Lipinski definition) is 5. The van der Waals surface area contributed by atoms with E-state index in [-0.39, 0.29) is 17.8 Å². The Balaban J connectivity index is 2.12. The minimum absolute atomic E-state index is 0.0325. The molecule has 1 aromatic rings. The molecule has 0 spiro atoms. The first kappa shape index (κ1) is 15.0. The molecule has 2 N–H and O–H groups in total. The van der Waals surface area contributed by atoms with E-state index in [9.17, 15) is 9.59 Å². The molecule has 1 amide bonds. The average molecular weight is 296 g/mol. The monoisotopic (exact) mass is 296 g/mol. The Kier molecular flexibility index (Phi) is 4.77. The van der Waals surface area contributed by atoms with Gasteiger partial charge >= 0.3 is 5.97 Å². The number of carbonyl (C=O) groups excluding carboxylic acids is 2. The van der Waals surface area contributed by atoms with Crippen molar-refractivity contribution in [1.29, 1.82) is 0 Å². The Morgan fingerprint density at radius 2 is 2.25 bits per heavy atom. The van der Waals surface area contributed by atoms with Crippen LogP contribution in [0.15, 0.2) is 6.07 Å². The van der Waals surface area contributed by atoms with Gasteiger partial charge in [0.2, 0.25) is 5.91 Å². The normalized spacial score (nSPS) is 21.8. The van der Waals surface area contributed by atoms with Crippen molar-refractivity contribution in [3.8, 4) is 0 Å². The van der Waals surface area contributed by atoms with Gasteiger partial charge in [-0.2, -0.15) is 0 Å². The fourth-order valence-electron chi connectivity index (χ4n) is 2.33. The maximum absolute atomic E-state index is 12.3. The van der Waals surface area contributed by atoms with E-state index in [0.717, 1.165) is 11.4 Å². The van der Waals surface area contributed by atoms with Gasteiger partial charge in [-0.3, -0.25) is 4.79 Å². The van der Waals surface area contributed by atoms with Crippen molar-refractivity contribution in [1.82, 2.24) is 5.32 Å². The molecular weight excluding hydrogens is 276 g/mol. The van der Waals surface area contributed by atoms with Crippen molar-refractivity contribution < 1.29 is 14.3 Å². The van der Waals surface area contributed by atoms with Gasteiger partial charge in [0.05, 0.1) is 18.1 Å².